The fourth-order valence-corrected chi connectivity index (χ4v) is 1.81. The van der Waals surface area contributed by atoms with E-state index in [9.17, 15) is 0 Å². The average molecular weight is 238 g/mol. The van der Waals surface area contributed by atoms with E-state index in [0.717, 1.165) is 25.2 Å². The Labute approximate surface area is 109 Å². The van der Waals surface area contributed by atoms with Gasteiger partial charge in [-0.3, -0.25) is 0 Å². The van der Waals surface area contributed by atoms with Crippen molar-refractivity contribution in [3.05, 3.63) is 67.3 Å². The maximum absolute atomic E-state index is 5.72. The number of unbranched alkanes of at least 4 members (excludes halogenated alkanes) is 1. The first-order valence-electron chi connectivity index (χ1n) is 6.29. The van der Waals surface area contributed by atoms with Gasteiger partial charge in [0.1, 0.15) is 5.75 Å². The van der Waals surface area contributed by atoms with Gasteiger partial charge in [0, 0.05) is 0 Å². The van der Waals surface area contributed by atoms with Crippen molar-refractivity contribution in [3.8, 4) is 16.9 Å². The number of benzene rings is 2. The molecule has 1 nitrogen and oxygen atoms in total. The number of rotatable bonds is 6. The fourth-order valence-electron chi connectivity index (χ4n) is 1.81. The molecule has 2 aromatic rings. The molecular weight excluding hydrogens is 220 g/mol. The van der Waals surface area contributed by atoms with Crippen LogP contribution in [-0.4, -0.2) is 6.61 Å². The van der Waals surface area contributed by atoms with Gasteiger partial charge in [0.2, 0.25) is 0 Å². The Hall–Kier alpha value is -2.02. The summed E-state index contributed by atoms with van der Waals surface area (Å²) in [5.74, 6) is 0.931. The molecule has 92 valence electrons. The minimum absolute atomic E-state index is 0.740. The molecule has 2 rings (SSSR count). The molecule has 0 atom stereocenters. The van der Waals surface area contributed by atoms with Crippen molar-refractivity contribution in [2.45, 2.75) is 12.8 Å². The molecule has 0 aromatic heterocycles. The first-order valence-corrected chi connectivity index (χ1v) is 6.29. The van der Waals surface area contributed by atoms with Crippen molar-refractivity contribution >= 4 is 0 Å². The van der Waals surface area contributed by atoms with Gasteiger partial charge < -0.3 is 4.74 Å². The van der Waals surface area contributed by atoms with E-state index >= 15 is 0 Å². The summed E-state index contributed by atoms with van der Waals surface area (Å²) in [6.45, 7) is 4.44. The van der Waals surface area contributed by atoms with E-state index in [0.29, 0.717) is 0 Å². The third-order valence-corrected chi connectivity index (χ3v) is 2.76. The van der Waals surface area contributed by atoms with Gasteiger partial charge in [-0.25, -0.2) is 0 Å². The Balaban J connectivity index is 2.04. The number of hydrogen-bond acceptors (Lipinski definition) is 1. The van der Waals surface area contributed by atoms with Crippen LogP contribution in [0.15, 0.2) is 67.3 Å². The van der Waals surface area contributed by atoms with E-state index in [1.54, 1.807) is 0 Å². The average Bonchev–Trinajstić information content (AvgIpc) is 2.45. The topological polar surface area (TPSA) is 9.23 Å². The zero-order chi connectivity index (χ0) is 12.6. The van der Waals surface area contributed by atoms with Gasteiger partial charge in [-0.15, -0.1) is 6.58 Å². The minimum atomic E-state index is 0.740. The highest BCUT2D eigenvalue weighted by molar-refractivity contribution is 5.64. The van der Waals surface area contributed by atoms with Gasteiger partial charge in [-0.2, -0.15) is 0 Å². The highest BCUT2D eigenvalue weighted by Crippen LogP contribution is 2.23. The molecule has 0 N–H and O–H groups in total. The van der Waals surface area contributed by atoms with Gasteiger partial charge in [-0.1, -0.05) is 48.5 Å². The third kappa shape index (κ3) is 3.49. The predicted molar refractivity (Wildman–Crippen MR) is 76.8 cm³/mol. The molecule has 0 saturated heterocycles. The molecule has 0 bridgehead atoms. The second-order valence-corrected chi connectivity index (χ2v) is 4.17. The van der Waals surface area contributed by atoms with E-state index in [1.165, 1.54) is 11.1 Å². The second-order valence-electron chi connectivity index (χ2n) is 4.17. The van der Waals surface area contributed by atoms with E-state index in [2.05, 4.69) is 30.8 Å². The highest BCUT2D eigenvalue weighted by atomic mass is 16.5. The molecule has 2 aromatic carbocycles. The molecule has 0 unspecified atom stereocenters. The van der Waals surface area contributed by atoms with Crippen LogP contribution in [0, 0.1) is 0 Å². The van der Waals surface area contributed by atoms with Gasteiger partial charge in [0.05, 0.1) is 6.61 Å². The van der Waals surface area contributed by atoms with Crippen LogP contribution >= 0.6 is 0 Å². The molecule has 0 saturated carbocycles. The van der Waals surface area contributed by atoms with Crippen LogP contribution in [0.4, 0.5) is 0 Å². The van der Waals surface area contributed by atoms with Crippen molar-refractivity contribution in [2.75, 3.05) is 6.61 Å². The van der Waals surface area contributed by atoms with E-state index in [-0.39, 0.29) is 0 Å². The van der Waals surface area contributed by atoms with Gasteiger partial charge in [0.15, 0.2) is 0 Å². The van der Waals surface area contributed by atoms with Crippen LogP contribution in [-0.2, 0) is 0 Å². The van der Waals surface area contributed by atoms with Crippen molar-refractivity contribution in [1.82, 2.24) is 0 Å². The molecule has 0 aliphatic rings. The van der Waals surface area contributed by atoms with Gasteiger partial charge >= 0.3 is 0 Å². The Morgan fingerprint density at radius 3 is 2.50 bits per heavy atom. The van der Waals surface area contributed by atoms with Crippen LogP contribution in [0.1, 0.15) is 12.8 Å². The monoisotopic (exact) mass is 238 g/mol. The van der Waals surface area contributed by atoms with Crippen molar-refractivity contribution < 1.29 is 4.74 Å². The number of ether oxygens (including phenoxy) is 1. The molecule has 0 radical (unpaired) electrons. The normalized spacial score (nSPS) is 10.0. The predicted octanol–water partition coefficient (Wildman–Crippen LogP) is 4.70. The molecule has 0 heterocycles. The van der Waals surface area contributed by atoms with Gasteiger partial charge in [0.25, 0.3) is 0 Å². The lowest BCUT2D eigenvalue weighted by molar-refractivity contribution is 0.312. The Kier molecular flexibility index (Phi) is 4.60. The molecule has 0 aliphatic carbocycles. The number of hydrogen-bond donors (Lipinski definition) is 0. The second kappa shape index (κ2) is 6.65. The lowest BCUT2D eigenvalue weighted by Crippen LogP contribution is -1.96. The zero-order valence-electron chi connectivity index (χ0n) is 10.5. The summed E-state index contributed by atoms with van der Waals surface area (Å²) in [6.07, 6.45) is 3.93. The quantitative estimate of drug-likeness (QED) is 0.523. The summed E-state index contributed by atoms with van der Waals surface area (Å²) in [5.41, 5.74) is 2.41. The molecule has 0 amide bonds. The van der Waals surface area contributed by atoms with Crippen molar-refractivity contribution in [2.24, 2.45) is 0 Å². The van der Waals surface area contributed by atoms with Gasteiger partial charge in [-0.05, 0) is 36.1 Å². The summed E-state index contributed by atoms with van der Waals surface area (Å²) in [5, 5.41) is 0. The molecule has 0 aliphatic heterocycles. The Morgan fingerprint density at radius 1 is 0.944 bits per heavy atom. The minimum Gasteiger partial charge on any atom is -0.494 e. The first-order chi connectivity index (χ1) is 8.90. The first kappa shape index (κ1) is 12.4. The van der Waals surface area contributed by atoms with E-state index < -0.39 is 0 Å². The van der Waals surface area contributed by atoms with Crippen molar-refractivity contribution in [1.29, 1.82) is 0 Å². The summed E-state index contributed by atoms with van der Waals surface area (Å²) in [4.78, 5) is 0. The number of allylic oxidation sites excluding steroid dienone is 1. The molecule has 0 fully saturated rings. The molecular formula is C17H18O. The SMILES string of the molecule is C=CCCCOc1cccc(-c2ccccc2)c1. The van der Waals surface area contributed by atoms with E-state index in [4.69, 9.17) is 4.74 Å². The van der Waals surface area contributed by atoms with Crippen LogP contribution < -0.4 is 4.74 Å². The molecule has 18 heavy (non-hydrogen) atoms. The Bertz CT molecular complexity index is 488. The third-order valence-electron chi connectivity index (χ3n) is 2.76. The summed E-state index contributed by atoms with van der Waals surface area (Å²) in [7, 11) is 0. The lowest BCUT2D eigenvalue weighted by Gasteiger charge is -2.07. The maximum Gasteiger partial charge on any atom is 0.119 e. The largest absolute Gasteiger partial charge is 0.494 e. The highest BCUT2D eigenvalue weighted by Gasteiger charge is 1.99. The smallest absolute Gasteiger partial charge is 0.119 e. The van der Waals surface area contributed by atoms with Crippen LogP contribution in [0.2, 0.25) is 0 Å². The van der Waals surface area contributed by atoms with Crippen LogP contribution in [0.25, 0.3) is 11.1 Å². The Morgan fingerprint density at radius 2 is 1.72 bits per heavy atom. The summed E-state index contributed by atoms with van der Waals surface area (Å²) >= 11 is 0. The zero-order valence-corrected chi connectivity index (χ0v) is 10.5. The summed E-state index contributed by atoms with van der Waals surface area (Å²) < 4.78 is 5.72. The maximum atomic E-state index is 5.72. The van der Waals surface area contributed by atoms with E-state index in [1.807, 2.05) is 36.4 Å². The van der Waals surface area contributed by atoms with Crippen LogP contribution in [0.5, 0.6) is 5.75 Å². The summed E-state index contributed by atoms with van der Waals surface area (Å²) in [6, 6.07) is 18.6. The lowest BCUT2D eigenvalue weighted by atomic mass is 10.1. The van der Waals surface area contributed by atoms with Crippen molar-refractivity contribution in [3.63, 3.8) is 0 Å². The van der Waals surface area contributed by atoms with Crippen LogP contribution in [0.3, 0.4) is 0 Å². The molecule has 1 heteroatoms. The standard InChI is InChI=1S/C17H18O/c1-2-3-7-13-18-17-12-8-11-16(14-17)15-9-5-4-6-10-15/h2,4-6,8-12,14H,1,3,7,13H2. The fraction of sp³-hybridized carbons (Fsp3) is 0.176. The molecule has 0 spiro atoms.